The van der Waals surface area contributed by atoms with E-state index < -0.39 is 5.41 Å². The Labute approximate surface area is 403 Å². The van der Waals surface area contributed by atoms with Gasteiger partial charge < -0.3 is 9.80 Å². The molecule has 2 aliphatic heterocycles. The smallest absolute Gasteiger partial charge is 0.264 e. The Kier molecular flexibility index (Phi) is 8.38. The average molecular weight is 887 g/mol. The summed E-state index contributed by atoms with van der Waals surface area (Å²) in [6.45, 7) is 9.32. The highest BCUT2D eigenvalue weighted by molar-refractivity contribution is 7.30. The van der Waals surface area contributed by atoms with Crippen LogP contribution in [0.4, 0.5) is 34.1 Å². The van der Waals surface area contributed by atoms with Crippen LogP contribution in [0, 0.1) is 6.92 Å². The Morgan fingerprint density at radius 2 is 1.00 bits per heavy atom. The molecule has 2 nitrogen and oxygen atoms in total. The molecule has 9 aromatic carbocycles. The highest BCUT2D eigenvalue weighted by Crippen LogP contribution is 2.67. The molecule has 4 heteroatoms. The third-order valence-corrected chi connectivity index (χ3v) is 16.6. The topological polar surface area (TPSA) is 6.48 Å². The molecule has 4 aliphatic rings. The fraction of sp³-hybridized carbons (Fsp3) is 0.0938. The lowest BCUT2D eigenvalue weighted by Gasteiger charge is -2.43. The number of hydrogen-bond donors (Lipinski definition) is 0. The van der Waals surface area contributed by atoms with E-state index >= 15 is 0 Å². The van der Waals surface area contributed by atoms with Crippen LogP contribution < -0.4 is 25.5 Å². The first-order chi connectivity index (χ1) is 33.3. The molecule has 0 fully saturated rings. The van der Waals surface area contributed by atoms with Crippen LogP contribution in [-0.2, 0) is 10.8 Å². The maximum atomic E-state index is 2.64. The second-order valence-corrected chi connectivity index (χ2v) is 21.1. The largest absolute Gasteiger partial charge is 0.311 e. The first-order valence-corrected chi connectivity index (χ1v) is 24.8. The van der Waals surface area contributed by atoms with E-state index in [1.807, 2.05) is 0 Å². The van der Waals surface area contributed by atoms with Crippen molar-refractivity contribution < 1.29 is 0 Å². The van der Waals surface area contributed by atoms with Crippen molar-refractivity contribution in [2.75, 3.05) is 9.80 Å². The minimum atomic E-state index is -0.479. The number of para-hydroxylation sites is 2. The fourth-order valence-corrected chi connectivity index (χ4v) is 14.0. The Morgan fingerprint density at radius 3 is 1.63 bits per heavy atom. The van der Waals surface area contributed by atoms with Gasteiger partial charge in [-0.2, -0.15) is 0 Å². The Morgan fingerprint density at radius 1 is 0.456 bits per heavy atom. The molecule has 14 rings (SSSR count). The quantitative estimate of drug-likeness (QED) is 0.163. The van der Waals surface area contributed by atoms with E-state index in [0.29, 0.717) is 0 Å². The summed E-state index contributed by atoms with van der Waals surface area (Å²) in [5, 5.41) is 0. The van der Waals surface area contributed by atoms with Crippen LogP contribution in [0.3, 0.4) is 0 Å². The molecule has 322 valence electrons. The highest BCUT2D eigenvalue weighted by Gasteiger charge is 2.57. The standard InChI is InChI=1S/C64H47BN2S/c1-40-36-56-59-57(37-40)67(45-24-12-7-13-25-45)60-58-50-34-33-43(63(2,3)4)39-53(50)64(51-30-18-16-28-48(51)49-29-17-19-31-52(49)64)61(58)68-62(60)65(59)54-35-32-42(38-55(54)66(56)44-22-10-6-11-23-44)47-27-15-14-26-46(47)41-20-8-5-9-21-41/h5-39H,1-4H3. The van der Waals surface area contributed by atoms with Crippen molar-refractivity contribution in [2.45, 2.75) is 38.5 Å². The van der Waals surface area contributed by atoms with Gasteiger partial charge in [-0.15, -0.1) is 11.3 Å². The number of thiophene rings is 1. The summed E-state index contributed by atoms with van der Waals surface area (Å²) in [4.78, 5) is 6.61. The Balaban J connectivity index is 1.11. The van der Waals surface area contributed by atoms with Crippen molar-refractivity contribution in [3.8, 4) is 44.5 Å². The maximum absolute atomic E-state index is 2.64. The number of fused-ring (bicyclic) bond motifs is 15. The average Bonchev–Trinajstić information content (AvgIpc) is 4.00. The number of rotatable bonds is 4. The summed E-state index contributed by atoms with van der Waals surface area (Å²) in [5.41, 5.74) is 26.5. The third kappa shape index (κ3) is 5.35. The highest BCUT2D eigenvalue weighted by atomic mass is 32.1. The van der Waals surface area contributed by atoms with Gasteiger partial charge in [-0.3, -0.25) is 0 Å². The number of anilines is 6. The van der Waals surface area contributed by atoms with Crippen molar-refractivity contribution in [1.82, 2.24) is 0 Å². The molecule has 68 heavy (non-hydrogen) atoms. The van der Waals surface area contributed by atoms with Crippen molar-refractivity contribution in [3.63, 3.8) is 0 Å². The zero-order valence-electron chi connectivity index (χ0n) is 38.6. The van der Waals surface area contributed by atoms with E-state index in [2.05, 4.69) is 261 Å². The minimum Gasteiger partial charge on any atom is -0.311 e. The molecule has 0 atom stereocenters. The van der Waals surface area contributed by atoms with Crippen LogP contribution >= 0.6 is 11.3 Å². The summed E-state index contributed by atoms with van der Waals surface area (Å²) in [5.74, 6) is 0. The van der Waals surface area contributed by atoms with Gasteiger partial charge in [0.2, 0.25) is 0 Å². The number of benzene rings is 9. The minimum absolute atomic E-state index is 0.0132. The molecular weight excluding hydrogens is 840 g/mol. The van der Waals surface area contributed by atoms with Gasteiger partial charge in [0.25, 0.3) is 6.71 Å². The molecule has 1 spiro atoms. The predicted molar refractivity (Wildman–Crippen MR) is 289 cm³/mol. The number of hydrogen-bond acceptors (Lipinski definition) is 3. The molecule has 0 unspecified atom stereocenters. The van der Waals surface area contributed by atoms with Crippen LogP contribution in [0.2, 0.25) is 0 Å². The molecule has 10 aromatic rings. The first kappa shape index (κ1) is 39.5. The SMILES string of the molecule is Cc1cc2c3c(c1)N(c1ccccc1)c1c(sc4c1-c1ccc(C(C)(C)C)cc1C41c4ccccc4-c4ccccc41)B3c1ccc(-c3ccccc3-c3ccccc3)cc1N2c1ccccc1. The van der Waals surface area contributed by atoms with Crippen LogP contribution in [0.5, 0.6) is 0 Å². The van der Waals surface area contributed by atoms with E-state index in [1.165, 1.54) is 121 Å². The van der Waals surface area contributed by atoms with Crippen LogP contribution in [0.1, 0.15) is 53.5 Å². The van der Waals surface area contributed by atoms with Gasteiger partial charge in [-0.1, -0.05) is 191 Å². The van der Waals surface area contributed by atoms with Crippen molar-refractivity contribution in [2.24, 2.45) is 0 Å². The summed E-state index contributed by atoms with van der Waals surface area (Å²) < 4.78 is 1.40. The second-order valence-electron chi connectivity index (χ2n) is 20.0. The monoisotopic (exact) mass is 886 g/mol. The zero-order chi connectivity index (χ0) is 45.5. The van der Waals surface area contributed by atoms with Gasteiger partial charge in [0.05, 0.1) is 11.1 Å². The molecular formula is C64H47BN2S. The molecule has 0 bridgehead atoms. The van der Waals surface area contributed by atoms with Gasteiger partial charge in [0.1, 0.15) is 0 Å². The summed E-state index contributed by atoms with van der Waals surface area (Å²) in [6, 6.07) is 80.1. The number of aryl methyl sites for hydroxylation is 1. The van der Waals surface area contributed by atoms with Gasteiger partial charge >= 0.3 is 0 Å². The van der Waals surface area contributed by atoms with Gasteiger partial charge in [0, 0.05) is 43.7 Å². The van der Waals surface area contributed by atoms with Crippen molar-refractivity contribution >= 4 is 67.9 Å². The van der Waals surface area contributed by atoms with Crippen molar-refractivity contribution in [3.05, 3.63) is 245 Å². The Bertz CT molecular complexity index is 3650. The predicted octanol–water partition coefficient (Wildman–Crippen LogP) is 15.1. The molecule has 1 aromatic heterocycles. The zero-order valence-corrected chi connectivity index (χ0v) is 39.4. The molecule has 3 heterocycles. The Hall–Kier alpha value is -7.66. The maximum Gasteiger partial charge on any atom is 0.264 e. The lowest BCUT2D eigenvalue weighted by Crippen LogP contribution is -2.60. The summed E-state index contributed by atoms with van der Waals surface area (Å²) in [7, 11) is 0. The second kappa shape index (κ2) is 14.4. The van der Waals surface area contributed by atoms with E-state index in [-0.39, 0.29) is 12.1 Å². The fourth-order valence-electron chi connectivity index (χ4n) is 12.4. The van der Waals surface area contributed by atoms with E-state index in [9.17, 15) is 0 Å². The van der Waals surface area contributed by atoms with E-state index in [1.54, 1.807) is 0 Å². The molecule has 0 saturated carbocycles. The lowest BCUT2D eigenvalue weighted by atomic mass is 9.36. The van der Waals surface area contributed by atoms with Gasteiger partial charge in [-0.05, 0) is 132 Å². The molecule has 0 amide bonds. The van der Waals surface area contributed by atoms with Crippen molar-refractivity contribution in [1.29, 1.82) is 0 Å². The molecule has 2 aliphatic carbocycles. The van der Waals surface area contributed by atoms with Gasteiger partial charge in [0.15, 0.2) is 0 Å². The normalized spacial score (nSPS) is 14.2. The third-order valence-electron chi connectivity index (χ3n) is 15.2. The van der Waals surface area contributed by atoms with E-state index in [0.717, 1.165) is 5.69 Å². The first-order valence-electron chi connectivity index (χ1n) is 24.0. The van der Waals surface area contributed by atoms with E-state index in [4.69, 9.17) is 0 Å². The number of nitrogens with zero attached hydrogens (tertiary/aromatic N) is 2. The van der Waals surface area contributed by atoms with Crippen LogP contribution in [0.15, 0.2) is 212 Å². The molecule has 0 radical (unpaired) electrons. The van der Waals surface area contributed by atoms with Crippen LogP contribution in [-0.4, -0.2) is 6.71 Å². The summed E-state index contributed by atoms with van der Waals surface area (Å²) in [6.07, 6.45) is 0. The molecule has 0 saturated heterocycles. The lowest BCUT2D eigenvalue weighted by molar-refractivity contribution is 0.588. The van der Waals surface area contributed by atoms with Crippen LogP contribution in [0.25, 0.3) is 44.5 Å². The summed E-state index contributed by atoms with van der Waals surface area (Å²) >= 11 is 2.06. The molecule has 0 N–H and O–H groups in total. The van der Waals surface area contributed by atoms with Gasteiger partial charge in [-0.25, -0.2) is 0 Å².